The van der Waals surface area contributed by atoms with Gasteiger partial charge in [0.25, 0.3) is 0 Å². The number of Topliss-reactive ketones (excluding diaryl/α,β-unsaturated/α-hetero) is 1. The number of nitrogens with zero attached hydrogens (tertiary/aromatic N) is 1. The second kappa shape index (κ2) is 37.7. The summed E-state index contributed by atoms with van der Waals surface area (Å²) in [6.45, 7) is 14.4. The molecular weight excluding hydrogens is 1410 g/mol. The van der Waals surface area contributed by atoms with Crippen molar-refractivity contribution < 1.29 is 111 Å². The van der Waals surface area contributed by atoms with Gasteiger partial charge in [-0.15, -0.1) is 11.8 Å². The summed E-state index contributed by atoms with van der Waals surface area (Å²) in [7, 11) is 4.57. The van der Waals surface area contributed by atoms with Gasteiger partial charge < -0.3 is 92.7 Å². The van der Waals surface area contributed by atoms with Gasteiger partial charge in [-0.25, -0.2) is 4.79 Å². The first-order valence-electron chi connectivity index (χ1n) is 31.4. The van der Waals surface area contributed by atoms with Crippen LogP contribution in [0.15, 0.2) is 35.1 Å². The number of rotatable bonds is 27. The number of hydrogen-bond acceptors (Lipinski definition) is 26. The number of likely N-dealkylation sites (N-methyl/N-ethyl adjacent to an activating group) is 1. The average Bonchev–Trinajstić information content (AvgIpc) is 0.779. The van der Waals surface area contributed by atoms with Crippen molar-refractivity contribution in [2.45, 2.75) is 209 Å². The van der Waals surface area contributed by atoms with Crippen LogP contribution in [-0.4, -0.2) is 249 Å². The Balaban J connectivity index is 1.27. The molecule has 530 valence electrons. The number of allylic oxidation sites excluding steroid dienone is 3. The van der Waals surface area contributed by atoms with E-state index in [1.165, 1.54) is 59.3 Å². The zero-order valence-electron chi connectivity index (χ0n) is 55.9. The van der Waals surface area contributed by atoms with Gasteiger partial charge in [-0.1, -0.05) is 29.7 Å². The zero-order chi connectivity index (χ0) is 70.0. The van der Waals surface area contributed by atoms with Crippen LogP contribution in [0.3, 0.4) is 0 Å². The summed E-state index contributed by atoms with van der Waals surface area (Å²) in [5.41, 5.74) is 4.63. The number of amides is 3. The lowest BCUT2D eigenvalue weighted by Gasteiger charge is -2.47. The maximum Gasteiger partial charge on any atom is 0.411 e. The van der Waals surface area contributed by atoms with Crippen molar-refractivity contribution in [1.29, 1.82) is 0 Å². The maximum atomic E-state index is 14.6. The molecule has 18 atom stereocenters. The summed E-state index contributed by atoms with van der Waals surface area (Å²) in [6.07, 6.45) is -10.8. The molecule has 0 radical (unpaired) electrons. The summed E-state index contributed by atoms with van der Waals surface area (Å²) < 4.78 is 67.4. The molecule has 0 spiro atoms. The maximum absolute atomic E-state index is 14.6. The van der Waals surface area contributed by atoms with Crippen molar-refractivity contribution in [3.05, 3.63) is 55.3 Å². The van der Waals surface area contributed by atoms with E-state index in [1.807, 2.05) is 20.0 Å². The molecule has 17 unspecified atom stereocenters. The van der Waals surface area contributed by atoms with Crippen LogP contribution >= 0.6 is 46.1 Å². The highest BCUT2D eigenvalue weighted by atomic mass is 127. The number of ether oxygens (including phenoxy) is 11. The topological polar surface area (TPSA) is 357 Å². The van der Waals surface area contributed by atoms with Crippen LogP contribution in [0.2, 0.25) is 19.1 Å². The zero-order valence-corrected chi connectivity index (χ0v) is 60.7. The molecule has 95 heavy (non-hydrogen) atoms. The third-order valence-electron chi connectivity index (χ3n) is 17.0. The van der Waals surface area contributed by atoms with Gasteiger partial charge >= 0.3 is 6.09 Å². The first kappa shape index (κ1) is 79.5. The number of hydrogen-bond donors (Lipinski definition) is 9. The normalized spacial score (nSPS) is 30.4. The highest BCUT2D eigenvalue weighted by molar-refractivity contribution is 14.1. The smallest absolute Gasteiger partial charge is 0.411 e. The van der Waals surface area contributed by atoms with Gasteiger partial charge in [0.1, 0.15) is 42.7 Å². The summed E-state index contributed by atoms with van der Waals surface area (Å²) in [5.74, 6) is 8.00. The third kappa shape index (κ3) is 21.1. The molecule has 4 heterocycles. The fraction of sp³-hybridized carbons (Fsp3) is 0.672. The molecule has 4 aliphatic heterocycles. The minimum atomic E-state index is -2.28. The molecule has 4 fully saturated rings. The van der Waals surface area contributed by atoms with Gasteiger partial charge in [-0.05, 0) is 118 Å². The molecule has 3 amide bonds. The van der Waals surface area contributed by atoms with Gasteiger partial charge in [0, 0.05) is 80.4 Å². The summed E-state index contributed by atoms with van der Waals surface area (Å²) in [5, 5.41) is 59.7. The van der Waals surface area contributed by atoms with E-state index in [9.17, 15) is 54.3 Å². The lowest BCUT2D eigenvalue weighted by Crippen LogP contribution is -2.65. The van der Waals surface area contributed by atoms with E-state index in [0.29, 0.717) is 45.8 Å². The van der Waals surface area contributed by atoms with Gasteiger partial charge in [0.15, 0.2) is 44.5 Å². The number of aliphatic hydroxyl groups is 5. The molecule has 9 N–H and O–H groups in total. The summed E-state index contributed by atoms with van der Waals surface area (Å²) in [4.78, 5) is 85.2. The minimum Gasteiger partial charge on any atom is -0.493 e. The van der Waals surface area contributed by atoms with Crippen molar-refractivity contribution in [1.82, 2.24) is 21.0 Å². The number of thioether (sulfide) groups is 2. The Labute approximate surface area is 578 Å². The molecule has 1 aromatic rings. The molecular formula is C64H93IN4O23S2Si. The number of carbonyl (C=O) groups is 5. The van der Waals surface area contributed by atoms with E-state index in [4.69, 9.17) is 56.9 Å². The lowest BCUT2D eigenvalue weighted by atomic mass is 9.86. The number of nitrogens with one attached hydrogen (secondary N) is 3. The predicted molar refractivity (Wildman–Crippen MR) is 360 cm³/mol. The Morgan fingerprint density at radius 3 is 2.24 bits per heavy atom. The summed E-state index contributed by atoms with van der Waals surface area (Å²) in [6, 6.07) is -1.03. The second-order valence-corrected chi connectivity index (χ2v) is 31.4. The van der Waals surface area contributed by atoms with Gasteiger partial charge in [-0.2, -0.15) is 5.48 Å². The fourth-order valence-electron chi connectivity index (χ4n) is 12.0. The molecule has 4 saturated heterocycles. The lowest BCUT2D eigenvalue weighted by molar-refractivity contribution is -0.337. The number of methoxy groups -OCH3 is 5. The van der Waals surface area contributed by atoms with Crippen molar-refractivity contribution >= 4 is 83.2 Å². The number of hydroxylamine groups is 1. The molecule has 5 aliphatic rings. The van der Waals surface area contributed by atoms with Crippen molar-refractivity contribution in [3.63, 3.8) is 0 Å². The monoisotopic (exact) mass is 1500 g/mol. The summed E-state index contributed by atoms with van der Waals surface area (Å²) >= 11 is 4.24. The van der Waals surface area contributed by atoms with Crippen LogP contribution in [0, 0.1) is 34.4 Å². The predicted octanol–water partition coefficient (Wildman–Crippen LogP) is 3.41. The van der Waals surface area contributed by atoms with Gasteiger partial charge in [0.2, 0.25) is 16.9 Å². The Morgan fingerprint density at radius 2 is 1.61 bits per heavy atom. The van der Waals surface area contributed by atoms with Gasteiger partial charge in [0.05, 0.1) is 98.9 Å². The number of aliphatic hydroxyl groups excluding tert-OH is 5. The Bertz CT molecular complexity index is 3030. The van der Waals surface area contributed by atoms with E-state index in [1.54, 1.807) is 44.8 Å². The number of benzene rings is 1. The first-order chi connectivity index (χ1) is 45.2. The molecule has 6 rings (SSSR count). The quantitative estimate of drug-likeness (QED) is 0.0200. The third-order valence-corrected chi connectivity index (χ3v) is 22.3. The molecule has 0 aromatic heterocycles. The van der Waals surface area contributed by atoms with Crippen LogP contribution in [0.25, 0.3) is 0 Å². The molecule has 1 aromatic carbocycles. The average molecular weight is 1510 g/mol. The molecule has 27 nitrogen and oxygen atoms in total. The Hall–Kier alpha value is -4.44. The largest absolute Gasteiger partial charge is 0.493 e. The van der Waals surface area contributed by atoms with E-state index < -0.39 is 135 Å². The fourth-order valence-corrected chi connectivity index (χ4v) is 15.7. The number of halogens is 1. The van der Waals surface area contributed by atoms with E-state index >= 15 is 0 Å². The highest BCUT2D eigenvalue weighted by Gasteiger charge is 2.51. The van der Waals surface area contributed by atoms with Crippen LogP contribution in [0.5, 0.6) is 11.5 Å². The van der Waals surface area contributed by atoms with Crippen LogP contribution in [0.4, 0.5) is 4.79 Å². The molecule has 0 saturated carbocycles. The van der Waals surface area contributed by atoms with Crippen molar-refractivity contribution in [2.75, 3.05) is 66.8 Å². The Morgan fingerprint density at radius 1 is 0.895 bits per heavy atom. The highest BCUT2D eigenvalue weighted by Crippen LogP contribution is 2.45. The number of alkyl carbamates (subject to hydrolysis) is 1. The van der Waals surface area contributed by atoms with Crippen molar-refractivity contribution in [3.8, 4) is 35.4 Å². The standard InChI is InChI=1S/C64H93IN4O23S2Si/c1-14-69(37(6)71)40-31-86-47(30-44(40)81-7)91-60-56(77)52(68-92-48-29-42(73)61(36(5)88-48)94-62(78)49-33(2)51(65)39(57(82-8)58(49)83-9)28-45-55(76)59(84-10)54(75)35(4)87-45)34(3)89-63(60)90-43(20-17-15-16-18-25-70)50-38(21-22-41(72)53(50)67-64(79)85-11)23-26-93-32-46(74)66-24-19-27-95(12,13)80/h15-16,23,34-36,40,42-45,47-48,52,54-56,59-61,63,68,70,73,75-77,80H,14,19,21-22,24,26-32H2,1-13H3,(H,66,74)(H,67,79)/b16-15-,38-23-/t34?,35?,36?,40?,42?,43-,44?,45?,47?,48?,52?,54?,55?,56?,59?,60?,61?,63?/m0/s1. The number of ketones is 1. The van der Waals surface area contributed by atoms with Gasteiger partial charge in [-0.3, -0.25) is 29.3 Å². The first-order valence-corrected chi connectivity index (χ1v) is 37.6. The second-order valence-electron chi connectivity index (χ2n) is 24.0. The number of carbonyl (C=O) groups excluding carboxylic acids is 5. The van der Waals surface area contributed by atoms with Crippen molar-refractivity contribution in [2.24, 2.45) is 0 Å². The molecule has 0 bridgehead atoms. The minimum absolute atomic E-state index is 0.0270. The Kier molecular flexibility index (Phi) is 31.5. The molecule has 31 heteroatoms. The SMILES string of the molecule is CCN(C(C)=O)C1COC(OC2C(O[C@@H](C#C/C=C\C#CO)C3=C(NC(=O)OC)C(=O)CC/C3=C/CSCC(=O)NCCC[Si](C)(C)O)OC(C)C(NOC3CC(O)C(SC(=O)c4c(C)c(I)c(CC5OC(C)C(O)C(OC)C5O)c(OC)c4OC)C(C)O3)C2O)CC1OC. The molecule has 1 aliphatic carbocycles. The van der Waals surface area contributed by atoms with E-state index in [2.05, 4.69) is 56.5 Å². The van der Waals surface area contributed by atoms with Crippen LogP contribution in [0.1, 0.15) is 88.2 Å². The van der Waals surface area contributed by atoms with Crippen LogP contribution in [-0.2, 0) is 68.3 Å². The van der Waals surface area contributed by atoms with Crippen LogP contribution < -0.4 is 25.6 Å². The van der Waals surface area contributed by atoms with E-state index in [0.717, 1.165) is 18.9 Å². The van der Waals surface area contributed by atoms with E-state index in [-0.39, 0.29) is 90.4 Å².